The summed E-state index contributed by atoms with van der Waals surface area (Å²) in [4.78, 5) is 35.4. The summed E-state index contributed by atoms with van der Waals surface area (Å²) >= 11 is 2.81. The van der Waals surface area contributed by atoms with Crippen LogP contribution in [0.2, 0.25) is 0 Å². The van der Waals surface area contributed by atoms with Crippen molar-refractivity contribution >= 4 is 34.7 Å². The standard InChI is InChI=1S/C31H38N4O4S2/c1-19(41-28-25(35(37)38)9-10-26(33-28)39-6)29(36)34-15-11-20(12-16-34)27-32-24(18-40-27)21-7-8-22-23(17-21)31(4,5)14-13-30(22,2)3/h7-10,17-20H,11-16H2,1-6H3. The van der Waals surface area contributed by atoms with Crippen molar-refractivity contribution in [2.75, 3.05) is 20.2 Å². The molecule has 0 spiro atoms. The van der Waals surface area contributed by atoms with Gasteiger partial charge in [-0.3, -0.25) is 14.9 Å². The van der Waals surface area contributed by atoms with E-state index >= 15 is 0 Å². The normalized spacial score (nSPS) is 18.9. The highest BCUT2D eigenvalue weighted by molar-refractivity contribution is 8.00. The number of hydrogen-bond acceptors (Lipinski definition) is 8. The van der Waals surface area contributed by atoms with E-state index in [2.05, 4.69) is 56.3 Å². The molecule has 10 heteroatoms. The minimum Gasteiger partial charge on any atom is -0.481 e. The molecule has 2 aliphatic rings. The highest BCUT2D eigenvalue weighted by Crippen LogP contribution is 2.47. The van der Waals surface area contributed by atoms with Crippen LogP contribution >= 0.6 is 23.1 Å². The fourth-order valence-electron chi connectivity index (χ4n) is 5.93. The number of fused-ring (bicyclic) bond motifs is 1. The molecule has 1 aromatic carbocycles. The summed E-state index contributed by atoms with van der Waals surface area (Å²) in [7, 11) is 1.46. The molecule has 3 aromatic rings. The van der Waals surface area contributed by atoms with Gasteiger partial charge in [0.25, 0.3) is 0 Å². The van der Waals surface area contributed by atoms with Crippen LogP contribution in [0, 0.1) is 10.1 Å². The number of ether oxygens (including phenoxy) is 1. The van der Waals surface area contributed by atoms with E-state index in [0.29, 0.717) is 19.0 Å². The number of benzene rings is 1. The number of nitro groups is 1. The number of piperidine rings is 1. The lowest BCUT2D eigenvalue weighted by Gasteiger charge is -2.42. The fourth-order valence-corrected chi connectivity index (χ4v) is 7.92. The van der Waals surface area contributed by atoms with Crippen molar-refractivity contribution in [3.63, 3.8) is 0 Å². The number of aromatic nitrogens is 2. The quantitative estimate of drug-likeness (QED) is 0.160. The summed E-state index contributed by atoms with van der Waals surface area (Å²) in [6.45, 7) is 12.4. The fraction of sp³-hybridized carbons (Fsp3) is 0.516. The van der Waals surface area contributed by atoms with E-state index in [1.807, 2.05) is 4.90 Å². The maximum atomic E-state index is 13.2. The van der Waals surface area contributed by atoms with E-state index in [0.717, 1.165) is 35.3 Å². The predicted molar refractivity (Wildman–Crippen MR) is 164 cm³/mol. The Morgan fingerprint density at radius 2 is 1.78 bits per heavy atom. The number of pyridine rings is 1. The molecule has 1 unspecified atom stereocenters. The average molecular weight is 595 g/mol. The van der Waals surface area contributed by atoms with Crippen LogP contribution in [-0.2, 0) is 15.6 Å². The van der Waals surface area contributed by atoms with Crippen molar-refractivity contribution in [2.24, 2.45) is 0 Å². The number of carbonyl (C=O) groups excluding carboxylic acids is 1. The minimum absolute atomic E-state index is 0.0354. The molecule has 8 nitrogen and oxygen atoms in total. The number of amides is 1. The van der Waals surface area contributed by atoms with Gasteiger partial charge in [0.05, 0.1) is 28.0 Å². The van der Waals surface area contributed by atoms with E-state index in [9.17, 15) is 14.9 Å². The second-order valence-corrected chi connectivity index (χ2v) is 14.6. The van der Waals surface area contributed by atoms with Gasteiger partial charge in [-0.15, -0.1) is 11.3 Å². The van der Waals surface area contributed by atoms with Gasteiger partial charge in [-0.2, -0.15) is 4.98 Å². The van der Waals surface area contributed by atoms with Crippen molar-refractivity contribution in [3.05, 3.63) is 62.0 Å². The Morgan fingerprint density at radius 1 is 1.10 bits per heavy atom. The van der Waals surface area contributed by atoms with Crippen LogP contribution in [0.5, 0.6) is 5.88 Å². The molecule has 0 radical (unpaired) electrons. The zero-order chi connectivity index (χ0) is 29.5. The molecule has 1 atom stereocenters. The Balaban J connectivity index is 1.24. The molecule has 5 rings (SSSR count). The largest absolute Gasteiger partial charge is 0.481 e. The van der Waals surface area contributed by atoms with Crippen molar-refractivity contribution in [1.82, 2.24) is 14.9 Å². The van der Waals surface area contributed by atoms with Crippen molar-refractivity contribution in [2.45, 2.75) is 87.3 Å². The maximum absolute atomic E-state index is 13.2. The highest BCUT2D eigenvalue weighted by Gasteiger charge is 2.37. The van der Waals surface area contributed by atoms with E-state index in [1.165, 1.54) is 48.8 Å². The first-order chi connectivity index (χ1) is 19.4. The topological polar surface area (TPSA) is 98.5 Å². The monoisotopic (exact) mass is 594 g/mol. The van der Waals surface area contributed by atoms with Gasteiger partial charge in [0, 0.05) is 42.1 Å². The van der Waals surface area contributed by atoms with Gasteiger partial charge < -0.3 is 9.64 Å². The molecular weight excluding hydrogens is 556 g/mol. The van der Waals surface area contributed by atoms with Gasteiger partial charge in [0.15, 0.2) is 5.03 Å². The zero-order valence-corrected chi connectivity index (χ0v) is 26.2. The smallest absolute Gasteiger partial charge is 0.301 e. The predicted octanol–water partition coefficient (Wildman–Crippen LogP) is 7.36. The molecule has 41 heavy (non-hydrogen) atoms. The first kappa shape index (κ1) is 29.5. The molecular formula is C31H38N4O4S2. The van der Waals surface area contributed by atoms with Gasteiger partial charge in [0.1, 0.15) is 0 Å². The first-order valence-corrected chi connectivity index (χ1v) is 15.9. The van der Waals surface area contributed by atoms with Crippen molar-refractivity contribution in [1.29, 1.82) is 0 Å². The summed E-state index contributed by atoms with van der Waals surface area (Å²) in [5, 5.41) is 14.4. The van der Waals surface area contributed by atoms with Gasteiger partial charge in [-0.25, -0.2) is 4.98 Å². The van der Waals surface area contributed by atoms with Gasteiger partial charge >= 0.3 is 5.69 Å². The van der Waals surface area contributed by atoms with E-state index in [-0.39, 0.29) is 33.3 Å². The Labute approximate surface area is 250 Å². The van der Waals surface area contributed by atoms with Crippen LogP contribution in [0.15, 0.2) is 40.7 Å². The highest BCUT2D eigenvalue weighted by atomic mass is 32.2. The second-order valence-electron chi connectivity index (χ2n) is 12.4. The third kappa shape index (κ3) is 6.00. The SMILES string of the molecule is COc1ccc([N+](=O)[O-])c(SC(C)C(=O)N2CCC(c3nc(-c4ccc5c(c4)C(C)(C)CCC5(C)C)cs3)CC2)n1. The Morgan fingerprint density at radius 3 is 2.44 bits per heavy atom. The van der Waals surface area contributed by atoms with Crippen LogP contribution in [-0.4, -0.2) is 51.1 Å². The van der Waals surface area contributed by atoms with Crippen LogP contribution in [0.1, 0.15) is 82.4 Å². The summed E-state index contributed by atoms with van der Waals surface area (Å²) < 4.78 is 5.13. The molecule has 1 aliphatic carbocycles. The Bertz CT molecular complexity index is 1460. The van der Waals surface area contributed by atoms with Gasteiger partial charge in [-0.05, 0) is 60.6 Å². The van der Waals surface area contributed by atoms with Crippen LogP contribution < -0.4 is 4.74 Å². The molecule has 1 amide bonds. The molecule has 0 N–H and O–H groups in total. The molecule has 3 heterocycles. The lowest BCUT2D eigenvalue weighted by atomic mass is 9.63. The Kier molecular flexibility index (Phi) is 8.18. The number of carbonyl (C=O) groups is 1. The van der Waals surface area contributed by atoms with Gasteiger partial charge in [-0.1, -0.05) is 51.6 Å². The number of thiazole rings is 1. The number of likely N-dealkylation sites (tertiary alicyclic amines) is 1. The molecule has 0 saturated carbocycles. The molecule has 1 fully saturated rings. The van der Waals surface area contributed by atoms with E-state index in [1.54, 1.807) is 18.3 Å². The molecule has 1 saturated heterocycles. The number of nitrogens with zero attached hydrogens (tertiary/aromatic N) is 4. The third-order valence-electron chi connectivity index (χ3n) is 8.68. The summed E-state index contributed by atoms with van der Waals surface area (Å²) in [6.07, 6.45) is 4.07. The second kappa shape index (κ2) is 11.4. The summed E-state index contributed by atoms with van der Waals surface area (Å²) in [5.41, 5.74) is 5.32. The Hall–Kier alpha value is -2.98. The third-order valence-corrected chi connectivity index (χ3v) is 10.8. The zero-order valence-electron chi connectivity index (χ0n) is 24.6. The van der Waals surface area contributed by atoms with Crippen molar-refractivity contribution in [3.8, 4) is 17.1 Å². The van der Waals surface area contributed by atoms with Crippen molar-refractivity contribution < 1.29 is 14.5 Å². The van der Waals surface area contributed by atoms with E-state index < -0.39 is 10.2 Å². The number of hydrogen-bond donors (Lipinski definition) is 0. The lowest BCUT2D eigenvalue weighted by molar-refractivity contribution is -0.388. The van der Waals surface area contributed by atoms with E-state index in [4.69, 9.17) is 9.72 Å². The average Bonchev–Trinajstić information content (AvgIpc) is 3.45. The minimum atomic E-state index is -0.505. The molecule has 1 aliphatic heterocycles. The van der Waals surface area contributed by atoms with Crippen LogP contribution in [0.25, 0.3) is 11.3 Å². The molecule has 218 valence electrons. The molecule has 0 bridgehead atoms. The number of thioether (sulfide) groups is 1. The molecule has 2 aromatic heterocycles. The van der Waals surface area contributed by atoms with Crippen LogP contribution in [0.3, 0.4) is 0 Å². The first-order valence-electron chi connectivity index (χ1n) is 14.2. The number of rotatable bonds is 7. The summed E-state index contributed by atoms with van der Waals surface area (Å²) in [6, 6.07) is 9.71. The summed E-state index contributed by atoms with van der Waals surface area (Å²) in [5.74, 6) is 0.561. The maximum Gasteiger partial charge on any atom is 0.301 e. The van der Waals surface area contributed by atoms with Crippen LogP contribution in [0.4, 0.5) is 5.69 Å². The lowest BCUT2D eigenvalue weighted by Crippen LogP contribution is -2.41. The number of methoxy groups -OCH3 is 1. The van der Waals surface area contributed by atoms with Gasteiger partial charge in [0.2, 0.25) is 11.8 Å².